The number of rotatable bonds is 6. The fourth-order valence-electron chi connectivity index (χ4n) is 3.02. The number of carbonyl (C=O) groups is 1. The second kappa shape index (κ2) is 8.52. The number of nitrogens with zero attached hydrogens (tertiary/aromatic N) is 3. The van der Waals surface area contributed by atoms with Crippen LogP contribution in [0.1, 0.15) is 11.3 Å². The van der Waals surface area contributed by atoms with E-state index in [1.165, 1.54) is 16.2 Å². The number of pyridine rings is 1. The highest BCUT2D eigenvalue weighted by molar-refractivity contribution is 7.92. The summed E-state index contributed by atoms with van der Waals surface area (Å²) in [7, 11) is -3.96. The van der Waals surface area contributed by atoms with Gasteiger partial charge in [-0.3, -0.25) is 14.7 Å². The minimum Gasteiger partial charge on any atom is -0.281 e. The van der Waals surface area contributed by atoms with Crippen molar-refractivity contribution in [3.8, 4) is 0 Å². The van der Waals surface area contributed by atoms with Crippen molar-refractivity contribution >= 4 is 42.4 Å². The predicted molar refractivity (Wildman–Crippen MR) is 118 cm³/mol. The molecule has 0 fully saturated rings. The standard InChI is InChI=1S/C22H18FN3O3S2/c1-15-5-10-19-20(12-15)30-22(25-19)26(13-17-4-2-3-11-24-17)21(27)14-31(28,29)18-8-6-16(23)7-9-18/h2-12H,13-14H2,1H3. The summed E-state index contributed by atoms with van der Waals surface area (Å²) in [5, 5.41) is 0.394. The van der Waals surface area contributed by atoms with Gasteiger partial charge >= 0.3 is 0 Å². The van der Waals surface area contributed by atoms with Gasteiger partial charge in [0.25, 0.3) is 0 Å². The highest BCUT2D eigenvalue weighted by Gasteiger charge is 2.27. The van der Waals surface area contributed by atoms with Crippen LogP contribution in [-0.2, 0) is 21.2 Å². The molecule has 0 aliphatic heterocycles. The van der Waals surface area contributed by atoms with E-state index < -0.39 is 27.3 Å². The number of hydrogen-bond acceptors (Lipinski definition) is 6. The second-order valence-electron chi connectivity index (χ2n) is 6.98. The zero-order valence-electron chi connectivity index (χ0n) is 16.5. The van der Waals surface area contributed by atoms with Gasteiger partial charge in [-0.1, -0.05) is 23.5 Å². The van der Waals surface area contributed by atoms with Crippen LogP contribution in [0.25, 0.3) is 10.2 Å². The van der Waals surface area contributed by atoms with Gasteiger partial charge < -0.3 is 0 Å². The summed E-state index contributed by atoms with van der Waals surface area (Å²) in [6.07, 6.45) is 1.61. The number of hydrogen-bond donors (Lipinski definition) is 0. The maximum Gasteiger partial charge on any atom is 0.244 e. The van der Waals surface area contributed by atoms with Crippen LogP contribution in [0.2, 0.25) is 0 Å². The predicted octanol–water partition coefficient (Wildman–Crippen LogP) is 4.15. The van der Waals surface area contributed by atoms with Crippen molar-refractivity contribution in [2.75, 3.05) is 10.7 Å². The molecule has 0 saturated carbocycles. The summed E-state index contributed by atoms with van der Waals surface area (Å²) in [5.41, 5.74) is 2.39. The lowest BCUT2D eigenvalue weighted by molar-refractivity contribution is -0.116. The van der Waals surface area contributed by atoms with Crippen molar-refractivity contribution in [3.63, 3.8) is 0 Å². The van der Waals surface area contributed by atoms with Crippen molar-refractivity contribution in [2.24, 2.45) is 0 Å². The molecule has 2 heterocycles. The van der Waals surface area contributed by atoms with Gasteiger partial charge in [-0.2, -0.15) is 0 Å². The molecule has 0 unspecified atom stereocenters. The first-order valence-corrected chi connectivity index (χ1v) is 11.8. The second-order valence-corrected chi connectivity index (χ2v) is 9.98. The molecule has 4 aromatic rings. The maximum absolute atomic E-state index is 13.2. The number of benzene rings is 2. The van der Waals surface area contributed by atoms with E-state index in [1.807, 2.05) is 25.1 Å². The van der Waals surface area contributed by atoms with Crippen LogP contribution in [0.15, 0.2) is 71.8 Å². The SMILES string of the molecule is Cc1ccc2nc(N(Cc3ccccn3)C(=O)CS(=O)(=O)c3ccc(F)cc3)sc2c1. The molecule has 2 aromatic heterocycles. The van der Waals surface area contributed by atoms with E-state index in [1.54, 1.807) is 24.4 Å². The number of sulfone groups is 1. The van der Waals surface area contributed by atoms with Crippen LogP contribution < -0.4 is 4.90 Å². The Bertz CT molecular complexity index is 1340. The molecule has 2 aromatic carbocycles. The van der Waals surface area contributed by atoms with E-state index in [-0.39, 0.29) is 11.4 Å². The smallest absolute Gasteiger partial charge is 0.244 e. The van der Waals surface area contributed by atoms with Crippen molar-refractivity contribution in [2.45, 2.75) is 18.4 Å². The molecule has 0 N–H and O–H groups in total. The first kappa shape index (κ1) is 21.1. The van der Waals surface area contributed by atoms with Gasteiger partial charge in [0, 0.05) is 6.20 Å². The fourth-order valence-corrected chi connectivity index (χ4v) is 5.30. The summed E-state index contributed by atoms with van der Waals surface area (Å²) >= 11 is 1.31. The zero-order chi connectivity index (χ0) is 22.0. The third kappa shape index (κ3) is 4.78. The van der Waals surface area contributed by atoms with Gasteiger partial charge in [0.2, 0.25) is 5.91 Å². The Morgan fingerprint density at radius 1 is 1.10 bits per heavy atom. The summed E-state index contributed by atoms with van der Waals surface area (Å²) < 4.78 is 39.6. The van der Waals surface area contributed by atoms with Crippen molar-refractivity contribution in [3.05, 3.63) is 83.9 Å². The Hall–Kier alpha value is -3.17. The number of amides is 1. The Balaban J connectivity index is 1.69. The molecule has 0 spiro atoms. The number of aryl methyl sites for hydroxylation is 1. The highest BCUT2D eigenvalue weighted by Crippen LogP contribution is 2.31. The van der Waals surface area contributed by atoms with Crippen LogP contribution in [0.5, 0.6) is 0 Å². The van der Waals surface area contributed by atoms with Gasteiger partial charge in [-0.25, -0.2) is 17.8 Å². The number of carbonyl (C=O) groups excluding carboxylic acids is 1. The van der Waals surface area contributed by atoms with E-state index in [2.05, 4.69) is 9.97 Å². The van der Waals surface area contributed by atoms with Gasteiger partial charge in [0.05, 0.1) is 27.4 Å². The minimum atomic E-state index is -3.96. The van der Waals surface area contributed by atoms with Gasteiger partial charge in [-0.15, -0.1) is 0 Å². The first-order valence-electron chi connectivity index (χ1n) is 9.38. The maximum atomic E-state index is 13.2. The number of halogens is 1. The van der Waals surface area contributed by atoms with Crippen LogP contribution in [0.4, 0.5) is 9.52 Å². The van der Waals surface area contributed by atoms with Gasteiger partial charge in [0.15, 0.2) is 15.0 Å². The molecular formula is C22H18FN3O3S2. The lowest BCUT2D eigenvalue weighted by Crippen LogP contribution is -2.35. The molecule has 158 valence electrons. The number of thiazole rings is 1. The Morgan fingerprint density at radius 3 is 2.58 bits per heavy atom. The molecule has 0 aliphatic rings. The van der Waals surface area contributed by atoms with Crippen LogP contribution in [-0.4, -0.2) is 30.0 Å². The average Bonchev–Trinajstić information content (AvgIpc) is 3.15. The van der Waals surface area contributed by atoms with Crippen molar-refractivity contribution in [1.82, 2.24) is 9.97 Å². The number of fused-ring (bicyclic) bond motifs is 1. The topological polar surface area (TPSA) is 80.2 Å². The molecule has 4 rings (SSSR count). The molecule has 0 saturated heterocycles. The van der Waals surface area contributed by atoms with E-state index in [0.717, 1.165) is 40.0 Å². The molecule has 6 nitrogen and oxygen atoms in total. The summed E-state index contributed by atoms with van der Waals surface area (Å²) in [4.78, 5) is 23.2. The molecule has 0 radical (unpaired) electrons. The Morgan fingerprint density at radius 2 is 1.87 bits per heavy atom. The number of aromatic nitrogens is 2. The highest BCUT2D eigenvalue weighted by atomic mass is 32.2. The summed E-state index contributed by atoms with van der Waals surface area (Å²) in [6.45, 7) is 2.04. The van der Waals surface area contributed by atoms with E-state index >= 15 is 0 Å². The monoisotopic (exact) mass is 455 g/mol. The molecular weight excluding hydrogens is 437 g/mol. The summed E-state index contributed by atoms with van der Waals surface area (Å²) in [5.74, 6) is -1.95. The minimum absolute atomic E-state index is 0.0808. The van der Waals surface area contributed by atoms with E-state index in [9.17, 15) is 17.6 Å². The van der Waals surface area contributed by atoms with Crippen LogP contribution in [0, 0.1) is 12.7 Å². The Kier molecular flexibility index (Phi) is 5.79. The third-order valence-corrected chi connectivity index (χ3v) is 7.26. The molecule has 9 heteroatoms. The molecule has 0 atom stereocenters. The normalized spacial score (nSPS) is 11.5. The lowest BCUT2D eigenvalue weighted by Gasteiger charge is -2.19. The average molecular weight is 456 g/mol. The number of anilines is 1. The summed E-state index contributed by atoms with van der Waals surface area (Å²) in [6, 6.07) is 15.5. The van der Waals surface area contributed by atoms with E-state index in [0.29, 0.717) is 10.8 Å². The zero-order valence-corrected chi connectivity index (χ0v) is 18.2. The van der Waals surface area contributed by atoms with Crippen LogP contribution in [0.3, 0.4) is 0 Å². The third-order valence-electron chi connectivity index (χ3n) is 4.60. The van der Waals surface area contributed by atoms with Crippen molar-refractivity contribution in [1.29, 1.82) is 0 Å². The molecule has 31 heavy (non-hydrogen) atoms. The molecule has 0 aliphatic carbocycles. The molecule has 0 bridgehead atoms. The lowest BCUT2D eigenvalue weighted by atomic mass is 10.2. The molecule has 1 amide bonds. The first-order chi connectivity index (χ1) is 14.8. The Labute approximate surface area is 182 Å². The van der Waals surface area contributed by atoms with Gasteiger partial charge in [0.1, 0.15) is 11.6 Å². The fraction of sp³-hybridized carbons (Fsp3) is 0.136. The van der Waals surface area contributed by atoms with Gasteiger partial charge in [-0.05, 0) is 61.0 Å². The van der Waals surface area contributed by atoms with Crippen LogP contribution >= 0.6 is 11.3 Å². The quantitative estimate of drug-likeness (QED) is 0.408. The van der Waals surface area contributed by atoms with Crippen molar-refractivity contribution < 1.29 is 17.6 Å². The largest absolute Gasteiger partial charge is 0.281 e. The van der Waals surface area contributed by atoms with E-state index in [4.69, 9.17) is 0 Å².